The van der Waals surface area contributed by atoms with Gasteiger partial charge in [0.15, 0.2) is 0 Å². The lowest BCUT2D eigenvalue weighted by Gasteiger charge is -2.36. The summed E-state index contributed by atoms with van der Waals surface area (Å²) in [7, 11) is 0. The Balaban J connectivity index is 1.11. The molecular formula is C32H33FN6O3. The number of nitrogens with zero attached hydrogens (tertiary/aromatic N) is 4. The minimum atomic E-state index is -0.765. The van der Waals surface area contributed by atoms with Crippen molar-refractivity contribution in [3.05, 3.63) is 99.9 Å². The molecule has 42 heavy (non-hydrogen) atoms. The Morgan fingerprint density at radius 2 is 1.64 bits per heavy atom. The molecule has 9 nitrogen and oxygen atoms in total. The highest BCUT2D eigenvalue weighted by molar-refractivity contribution is 5.99. The summed E-state index contributed by atoms with van der Waals surface area (Å²) in [4.78, 5) is 47.1. The quantitative estimate of drug-likeness (QED) is 0.328. The summed E-state index contributed by atoms with van der Waals surface area (Å²) in [6, 6.07) is 19.8. The van der Waals surface area contributed by atoms with E-state index in [1.165, 1.54) is 22.3 Å². The van der Waals surface area contributed by atoms with Crippen molar-refractivity contribution in [2.45, 2.75) is 38.9 Å². The van der Waals surface area contributed by atoms with Gasteiger partial charge in [-0.25, -0.2) is 9.37 Å². The van der Waals surface area contributed by atoms with E-state index in [4.69, 9.17) is 0 Å². The first-order valence-electron chi connectivity index (χ1n) is 14.3. The van der Waals surface area contributed by atoms with Crippen LogP contribution in [-0.4, -0.2) is 52.4 Å². The summed E-state index contributed by atoms with van der Waals surface area (Å²) in [5.41, 5.74) is 4.26. The number of carbonyl (C=O) groups excluding carboxylic acids is 2. The molecule has 2 amide bonds. The highest BCUT2D eigenvalue weighted by Gasteiger charge is 2.30. The van der Waals surface area contributed by atoms with Gasteiger partial charge in [-0.3, -0.25) is 29.2 Å². The van der Waals surface area contributed by atoms with Crippen molar-refractivity contribution in [3.8, 4) is 0 Å². The molecule has 1 aromatic heterocycles. The number of piperazine rings is 1. The molecule has 6 rings (SSSR count). The van der Waals surface area contributed by atoms with E-state index in [2.05, 4.69) is 49.7 Å². The van der Waals surface area contributed by atoms with Crippen LogP contribution in [0.3, 0.4) is 0 Å². The fourth-order valence-corrected chi connectivity index (χ4v) is 5.83. The third kappa shape index (κ3) is 5.75. The number of benzene rings is 3. The molecule has 10 heteroatoms. The number of halogens is 1. The standard InChI is InChI=1S/C32H33FN6O3/c1-21-35-27-4-2-3-26(30(27)32(42)39(21)28-13-14-29(40)36-31(28)41)34-19-22-5-7-23(8-6-22)20-37-15-17-38(18-16-37)25-11-9-24(33)10-12-25/h2-12,28,34H,13-20H2,1H3,(H,36,40,41). The van der Waals surface area contributed by atoms with E-state index in [9.17, 15) is 18.8 Å². The Morgan fingerprint density at radius 1 is 0.929 bits per heavy atom. The number of nitrogens with one attached hydrogen (secondary N) is 2. The summed E-state index contributed by atoms with van der Waals surface area (Å²) < 4.78 is 14.7. The van der Waals surface area contributed by atoms with Crippen LogP contribution in [0.1, 0.15) is 35.8 Å². The second kappa shape index (κ2) is 11.7. The molecule has 0 bridgehead atoms. The number of imide groups is 1. The van der Waals surface area contributed by atoms with E-state index in [0.717, 1.165) is 44.0 Å². The molecule has 2 aliphatic rings. The first-order valence-corrected chi connectivity index (χ1v) is 14.3. The molecule has 4 aromatic rings. The average molecular weight is 569 g/mol. The van der Waals surface area contributed by atoms with Crippen LogP contribution in [-0.2, 0) is 22.7 Å². The number of aryl methyl sites for hydroxylation is 1. The molecular weight excluding hydrogens is 535 g/mol. The number of carbonyl (C=O) groups is 2. The monoisotopic (exact) mass is 568 g/mol. The van der Waals surface area contributed by atoms with Crippen molar-refractivity contribution in [1.82, 2.24) is 19.8 Å². The Morgan fingerprint density at radius 3 is 2.36 bits per heavy atom. The van der Waals surface area contributed by atoms with Gasteiger partial charge in [0.05, 0.1) is 10.9 Å². The van der Waals surface area contributed by atoms with Crippen LogP contribution in [0.5, 0.6) is 0 Å². The topological polar surface area (TPSA) is 99.6 Å². The Labute approximate surface area is 243 Å². The minimum absolute atomic E-state index is 0.183. The maximum atomic E-state index is 13.7. The van der Waals surface area contributed by atoms with E-state index in [-0.39, 0.29) is 30.1 Å². The molecule has 3 heterocycles. The zero-order chi connectivity index (χ0) is 29.2. The Hall–Kier alpha value is -4.57. The molecule has 2 N–H and O–H groups in total. The molecule has 1 unspecified atom stereocenters. The number of hydrogen-bond donors (Lipinski definition) is 2. The van der Waals surface area contributed by atoms with Gasteiger partial charge >= 0.3 is 0 Å². The molecule has 2 saturated heterocycles. The van der Waals surface area contributed by atoms with Crippen LogP contribution in [0.2, 0.25) is 0 Å². The summed E-state index contributed by atoms with van der Waals surface area (Å²) in [6.07, 6.45) is 0.451. The van der Waals surface area contributed by atoms with E-state index < -0.39 is 11.9 Å². The van der Waals surface area contributed by atoms with Gasteiger partial charge in [0.25, 0.3) is 5.56 Å². The van der Waals surface area contributed by atoms with Crippen LogP contribution in [0.4, 0.5) is 15.8 Å². The Kier molecular flexibility index (Phi) is 7.71. The van der Waals surface area contributed by atoms with Crippen molar-refractivity contribution in [3.63, 3.8) is 0 Å². The fourth-order valence-electron chi connectivity index (χ4n) is 5.83. The largest absolute Gasteiger partial charge is 0.380 e. The van der Waals surface area contributed by atoms with Gasteiger partial charge in [-0.15, -0.1) is 0 Å². The zero-order valence-corrected chi connectivity index (χ0v) is 23.5. The van der Waals surface area contributed by atoms with E-state index >= 15 is 0 Å². The van der Waals surface area contributed by atoms with Crippen molar-refractivity contribution in [2.24, 2.45) is 0 Å². The lowest BCUT2D eigenvalue weighted by atomic mass is 10.1. The number of hydrogen-bond acceptors (Lipinski definition) is 7. The van der Waals surface area contributed by atoms with Crippen LogP contribution < -0.4 is 21.1 Å². The SMILES string of the molecule is Cc1nc2cccc(NCc3ccc(CN4CCN(c5ccc(F)cc5)CC4)cc3)c2c(=O)n1C1CCC(=O)NC1=O. The average Bonchev–Trinajstić information content (AvgIpc) is 2.98. The van der Waals surface area contributed by atoms with Crippen LogP contribution in [0.25, 0.3) is 10.9 Å². The van der Waals surface area contributed by atoms with Crippen molar-refractivity contribution >= 4 is 34.1 Å². The lowest BCUT2D eigenvalue weighted by molar-refractivity contribution is -0.135. The molecule has 0 aliphatic carbocycles. The molecule has 1 atom stereocenters. The number of anilines is 2. The number of amides is 2. The van der Waals surface area contributed by atoms with Gasteiger partial charge in [-0.05, 0) is 60.9 Å². The van der Waals surface area contributed by atoms with Gasteiger partial charge in [0, 0.05) is 57.1 Å². The van der Waals surface area contributed by atoms with Crippen LogP contribution in [0, 0.1) is 12.7 Å². The molecule has 0 saturated carbocycles. The zero-order valence-electron chi connectivity index (χ0n) is 23.5. The first-order chi connectivity index (χ1) is 20.4. The van der Waals surface area contributed by atoms with Crippen molar-refractivity contribution in [1.29, 1.82) is 0 Å². The van der Waals surface area contributed by atoms with Crippen molar-refractivity contribution < 1.29 is 14.0 Å². The maximum absolute atomic E-state index is 13.7. The van der Waals surface area contributed by atoms with Crippen LogP contribution >= 0.6 is 0 Å². The Bertz CT molecular complexity index is 1680. The molecule has 3 aromatic carbocycles. The van der Waals surface area contributed by atoms with Crippen molar-refractivity contribution in [2.75, 3.05) is 36.4 Å². The third-order valence-electron chi connectivity index (χ3n) is 8.10. The van der Waals surface area contributed by atoms with E-state index in [0.29, 0.717) is 29.0 Å². The van der Waals surface area contributed by atoms with E-state index in [1.807, 2.05) is 24.3 Å². The van der Waals surface area contributed by atoms with Gasteiger partial charge in [0.1, 0.15) is 17.7 Å². The molecule has 0 spiro atoms. The van der Waals surface area contributed by atoms with Crippen LogP contribution in [0.15, 0.2) is 71.5 Å². The fraction of sp³-hybridized carbons (Fsp3) is 0.312. The minimum Gasteiger partial charge on any atom is -0.380 e. The molecule has 2 aliphatic heterocycles. The normalized spacial score (nSPS) is 17.9. The number of fused-ring (bicyclic) bond motifs is 1. The number of rotatable bonds is 7. The van der Waals surface area contributed by atoms with Gasteiger partial charge in [-0.1, -0.05) is 30.3 Å². The summed E-state index contributed by atoms with van der Waals surface area (Å²) in [5, 5.41) is 6.15. The first kappa shape index (κ1) is 27.6. The smallest absolute Gasteiger partial charge is 0.264 e. The molecule has 216 valence electrons. The number of aromatic nitrogens is 2. The summed E-state index contributed by atoms with van der Waals surface area (Å²) in [6.45, 7) is 6.76. The molecule has 0 radical (unpaired) electrons. The molecule has 2 fully saturated rings. The number of piperidine rings is 1. The third-order valence-corrected chi connectivity index (χ3v) is 8.10. The van der Waals surface area contributed by atoms with Gasteiger partial charge < -0.3 is 10.2 Å². The highest BCUT2D eigenvalue weighted by Crippen LogP contribution is 2.24. The van der Waals surface area contributed by atoms with E-state index in [1.54, 1.807) is 13.0 Å². The summed E-state index contributed by atoms with van der Waals surface area (Å²) in [5.74, 6) is -0.577. The maximum Gasteiger partial charge on any atom is 0.264 e. The van der Waals surface area contributed by atoms with Gasteiger partial charge in [0.2, 0.25) is 11.8 Å². The predicted molar refractivity (Wildman–Crippen MR) is 160 cm³/mol. The highest BCUT2D eigenvalue weighted by atomic mass is 19.1. The lowest BCUT2D eigenvalue weighted by Crippen LogP contribution is -2.45. The predicted octanol–water partition coefficient (Wildman–Crippen LogP) is 3.76. The second-order valence-corrected chi connectivity index (χ2v) is 10.9. The van der Waals surface area contributed by atoms with Gasteiger partial charge in [-0.2, -0.15) is 0 Å². The second-order valence-electron chi connectivity index (χ2n) is 10.9. The summed E-state index contributed by atoms with van der Waals surface area (Å²) >= 11 is 0.